The normalized spacial score (nSPS) is 12.3. The van der Waals surface area contributed by atoms with Crippen molar-refractivity contribution < 1.29 is 9.13 Å². The van der Waals surface area contributed by atoms with E-state index >= 15 is 0 Å². The number of nitrogens with one attached hydrogen (secondary N) is 1. The molecule has 112 valence electrons. The Hall–Kier alpha value is -1.29. The van der Waals surface area contributed by atoms with E-state index < -0.39 is 0 Å². The van der Waals surface area contributed by atoms with E-state index in [-0.39, 0.29) is 11.9 Å². The Morgan fingerprint density at radius 2 is 1.86 bits per heavy atom. The molecule has 21 heavy (non-hydrogen) atoms. The fourth-order valence-corrected chi connectivity index (χ4v) is 2.81. The molecule has 0 radical (unpaired) electrons. The van der Waals surface area contributed by atoms with Crippen molar-refractivity contribution in [3.63, 3.8) is 0 Å². The number of benzene rings is 2. The second-order valence-electron chi connectivity index (χ2n) is 4.71. The van der Waals surface area contributed by atoms with Crippen molar-refractivity contribution >= 4 is 23.2 Å². The average Bonchev–Trinajstić information content (AvgIpc) is 2.47. The van der Waals surface area contributed by atoms with Gasteiger partial charge in [0.15, 0.2) is 0 Å². The maximum Gasteiger partial charge on any atom is 0.138 e. The molecule has 5 heteroatoms. The Kier molecular flexibility index (Phi) is 5.09. The number of rotatable bonds is 4. The minimum Gasteiger partial charge on any atom is -0.495 e. The molecule has 0 saturated heterocycles. The third-order valence-corrected chi connectivity index (χ3v) is 4.03. The summed E-state index contributed by atoms with van der Waals surface area (Å²) in [6, 6.07) is 8.23. The first-order valence-corrected chi connectivity index (χ1v) is 7.20. The van der Waals surface area contributed by atoms with E-state index in [9.17, 15) is 4.39 Å². The molecule has 0 heterocycles. The molecule has 0 bridgehead atoms. The van der Waals surface area contributed by atoms with Crippen LogP contribution >= 0.6 is 23.2 Å². The number of hydrogen-bond donors (Lipinski definition) is 1. The van der Waals surface area contributed by atoms with Crippen LogP contribution in [0.15, 0.2) is 30.3 Å². The predicted octanol–water partition coefficient (Wildman–Crippen LogP) is 4.76. The van der Waals surface area contributed by atoms with Crippen molar-refractivity contribution in [2.75, 3.05) is 14.2 Å². The first-order valence-electron chi connectivity index (χ1n) is 6.44. The van der Waals surface area contributed by atoms with E-state index in [1.807, 2.05) is 6.07 Å². The molecule has 1 N–H and O–H groups in total. The van der Waals surface area contributed by atoms with Gasteiger partial charge in [0.1, 0.15) is 11.6 Å². The maximum absolute atomic E-state index is 14.4. The van der Waals surface area contributed by atoms with Gasteiger partial charge in [0.25, 0.3) is 0 Å². The summed E-state index contributed by atoms with van der Waals surface area (Å²) in [4.78, 5) is 0. The topological polar surface area (TPSA) is 21.3 Å². The molecular formula is C16H16Cl2FNO. The molecule has 2 aromatic rings. The van der Waals surface area contributed by atoms with Crippen molar-refractivity contribution in [3.8, 4) is 5.75 Å². The zero-order valence-corrected chi connectivity index (χ0v) is 13.5. The van der Waals surface area contributed by atoms with Crippen LogP contribution in [0, 0.1) is 12.7 Å². The summed E-state index contributed by atoms with van der Waals surface area (Å²) in [7, 11) is 3.27. The molecule has 0 aliphatic carbocycles. The van der Waals surface area contributed by atoms with Crippen LogP contribution in [0.3, 0.4) is 0 Å². The fourth-order valence-electron chi connectivity index (χ4n) is 2.29. The summed E-state index contributed by atoms with van der Waals surface area (Å²) in [5, 5.41) is 3.99. The molecule has 0 aliphatic rings. The molecule has 0 aromatic heterocycles. The second kappa shape index (κ2) is 6.65. The van der Waals surface area contributed by atoms with Gasteiger partial charge in [-0.05, 0) is 31.2 Å². The van der Waals surface area contributed by atoms with Gasteiger partial charge in [0.05, 0.1) is 18.2 Å². The van der Waals surface area contributed by atoms with Crippen molar-refractivity contribution in [1.82, 2.24) is 5.32 Å². The summed E-state index contributed by atoms with van der Waals surface area (Å²) in [6.45, 7) is 1.73. The van der Waals surface area contributed by atoms with Crippen molar-refractivity contribution in [2.24, 2.45) is 0 Å². The molecule has 2 rings (SSSR count). The van der Waals surface area contributed by atoms with Gasteiger partial charge in [-0.2, -0.15) is 0 Å². The Balaban J connectivity index is 2.57. The van der Waals surface area contributed by atoms with Gasteiger partial charge in [-0.3, -0.25) is 0 Å². The molecule has 1 atom stereocenters. The fraction of sp³-hybridized carbons (Fsp3) is 0.250. The highest BCUT2D eigenvalue weighted by Crippen LogP contribution is 2.36. The summed E-state index contributed by atoms with van der Waals surface area (Å²) >= 11 is 12.5. The van der Waals surface area contributed by atoms with Crippen molar-refractivity contribution in [1.29, 1.82) is 0 Å². The molecule has 0 fully saturated rings. The van der Waals surface area contributed by atoms with Crippen LogP contribution in [0.5, 0.6) is 5.75 Å². The minimum atomic E-state index is -0.388. The van der Waals surface area contributed by atoms with Crippen LogP contribution in [0.2, 0.25) is 10.0 Å². The number of aryl methyl sites for hydroxylation is 1. The third kappa shape index (κ3) is 3.15. The lowest BCUT2D eigenvalue weighted by Gasteiger charge is -2.21. The lowest BCUT2D eigenvalue weighted by atomic mass is 9.96. The van der Waals surface area contributed by atoms with Crippen LogP contribution in [0.25, 0.3) is 0 Å². The molecule has 1 unspecified atom stereocenters. The molecular weight excluding hydrogens is 312 g/mol. The van der Waals surface area contributed by atoms with Gasteiger partial charge in [0.2, 0.25) is 0 Å². The average molecular weight is 328 g/mol. The van der Waals surface area contributed by atoms with E-state index in [4.69, 9.17) is 27.9 Å². The molecule has 2 aromatic carbocycles. The Labute approximate surface area is 133 Å². The third-order valence-electron chi connectivity index (χ3n) is 3.40. The monoisotopic (exact) mass is 327 g/mol. The van der Waals surface area contributed by atoms with Gasteiger partial charge in [-0.1, -0.05) is 41.4 Å². The van der Waals surface area contributed by atoms with Crippen LogP contribution in [0.1, 0.15) is 22.7 Å². The molecule has 0 saturated carbocycles. The summed E-state index contributed by atoms with van der Waals surface area (Å²) in [5.74, 6) is 0.241. The maximum atomic E-state index is 14.4. The first kappa shape index (κ1) is 16.1. The summed E-state index contributed by atoms with van der Waals surface area (Å²) in [5.41, 5.74) is 1.82. The zero-order chi connectivity index (χ0) is 15.6. The van der Waals surface area contributed by atoms with Gasteiger partial charge < -0.3 is 10.1 Å². The number of halogens is 3. The largest absolute Gasteiger partial charge is 0.495 e. The predicted molar refractivity (Wildman–Crippen MR) is 85.1 cm³/mol. The minimum absolute atomic E-state index is 0.250. The lowest BCUT2D eigenvalue weighted by molar-refractivity contribution is 0.414. The molecule has 2 nitrogen and oxygen atoms in total. The van der Waals surface area contributed by atoms with E-state index in [1.165, 1.54) is 7.11 Å². The SMILES string of the molecule is CNC(c1cc(Cl)c(OC)cc1Cl)c1cccc(C)c1F. The van der Waals surface area contributed by atoms with E-state index in [0.717, 1.165) is 0 Å². The molecule has 0 aliphatic heterocycles. The van der Waals surface area contributed by atoms with Crippen LogP contribution in [0.4, 0.5) is 4.39 Å². The standard InChI is InChI=1S/C16H16Cl2FNO/c1-9-5-4-6-10(15(9)19)16(20-2)11-7-13(18)14(21-3)8-12(11)17/h4-8,16,20H,1-3H3. The quantitative estimate of drug-likeness (QED) is 0.874. The van der Waals surface area contributed by atoms with Crippen molar-refractivity contribution in [2.45, 2.75) is 13.0 Å². The van der Waals surface area contributed by atoms with Crippen LogP contribution in [-0.2, 0) is 0 Å². The van der Waals surface area contributed by atoms with Gasteiger partial charge in [0, 0.05) is 16.7 Å². The lowest BCUT2D eigenvalue weighted by Crippen LogP contribution is -2.19. The van der Waals surface area contributed by atoms with Gasteiger partial charge in [-0.25, -0.2) is 4.39 Å². The zero-order valence-electron chi connectivity index (χ0n) is 12.0. The van der Waals surface area contributed by atoms with Crippen LogP contribution < -0.4 is 10.1 Å². The number of ether oxygens (including phenoxy) is 1. The highest BCUT2D eigenvalue weighted by Gasteiger charge is 2.21. The first-order chi connectivity index (χ1) is 9.99. The molecule has 0 amide bonds. The highest BCUT2D eigenvalue weighted by atomic mass is 35.5. The van der Waals surface area contributed by atoms with E-state index in [0.29, 0.717) is 32.5 Å². The molecule has 0 spiro atoms. The number of hydrogen-bond acceptors (Lipinski definition) is 2. The summed E-state index contributed by atoms with van der Waals surface area (Å²) in [6.07, 6.45) is 0. The van der Waals surface area contributed by atoms with Crippen molar-refractivity contribution in [3.05, 3.63) is 62.9 Å². The van der Waals surface area contributed by atoms with Gasteiger partial charge in [-0.15, -0.1) is 0 Å². The van der Waals surface area contributed by atoms with Gasteiger partial charge >= 0.3 is 0 Å². The van der Waals surface area contributed by atoms with E-state index in [2.05, 4.69) is 5.32 Å². The highest BCUT2D eigenvalue weighted by molar-refractivity contribution is 6.34. The second-order valence-corrected chi connectivity index (χ2v) is 5.52. The van der Waals surface area contributed by atoms with E-state index in [1.54, 1.807) is 38.2 Å². The van der Waals surface area contributed by atoms with Crippen LogP contribution in [-0.4, -0.2) is 14.2 Å². The number of methoxy groups -OCH3 is 1. The Morgan fingerprint density at radius 3 is 2.48 bits per heavy atom. The smallest absolute Gasteiger partial charge is 0.138 e. The Bertz CT molecular complexity index is 661. The Morgan fingerprint density at radius 1 is 1.14 bits per heavy atom. The summed E-state index contributed by atoms with van der Waals surface area (Å²) < 4.78 is 19.5.